The van der Waals surface area contributed by atoms with E-state index in [1.54, 1.807) is 30.5 Å². The Labute approximate surface area is 104 Å². The fourth-order valence-corrected chi connectivity index (χ4v) is 2.21. The van der Waals surface area contributed by atoms with Gasteiger partial charge in [-0.3, -0.25) is 4.99 Å². The van der Waals surface area contributed by atoms with E-state index in [0.29, 0.717) is 16.0 Å². The SMILES string of the molecule is C=N/C(C(=O)O)=C(\SC)c1ccccc1CO. The molecule has 0 aliphatic carbocycles. The van der Waals surface area contributed by atoms with Crippen molar-refractivity contribution in [1.82, 2.24) is 0 Å². The van der Waals surface area contributed by atoms with Gasteiger partial charge in [-0.25, -0.2) is 4.79 Å². The number of hydrogen-bond donors (Lipinski definition) is 2. The lowest BCUT2D eigenvalue weighted by Crippen LogP contribution is -2.02. The van der Waals surface area contributed by atoms with Gasteiger partial charge in [-0.1, -0.05) is 24.3 Å². The quantitative estimate of drug-likeness (QED) is 0.620. The second-order valence-corrected chi connectivity index (χ2v) is 3.98. The largest absolute Gasteiger partial charge is 0.476 e. The first-order chi connectivity index (χ1) is 8.15. The predicted octanol–water partition coefficient (Wildman–Crippen LogP) is 2.00. The van der Waals surface area contributed by atoms with Crippen molar-refractivity contribution in [3.05, 3.63) is 41.1 Å². The van der Waals surface area contributed by atoms with E-state index in [9.17, 15) is 9.90 Å². The van der Waals surface area contributed by atoms with E-state index in [4.69, 9.17) is 5.11 Å². The number of nitrogens with zero attached hydrogens (tertiary/aromatic N) is 1. The first kappa shape index (κ1) is 13.5. The molecule has 0 amide bonds. The van der Waals surface area contributed by atoms with E-state index >= 15 is 0 Å². The van der Waals surface area contributed by atoms with Crippen LogP contribution in [0.25, 0.3) is 4.91 Å². The highest BCUT2D eigenvalue weighted by Gasteiger charge is 2.16. The molecule has 0 aliphatic rings. The van der Waals surface area contributed by atoms with Gasteiger partial charge in [-0.05, 0) is 24.1 Å². The molecule has 17 heavy (non-hydrogen) atoms. The smallest absolute Gasteiger partial charge is 0.355 e. The van der Waals surface area contributed by atoms with Crippen LogP contribution in [0.4, 0.5) is 0 Å². The summed E-state index contributed by atoms with van der Waals surface area (Å²) in [7, 11) is 0. The van der Waals surface area contributed by atoms with Gasteiger partial charge < -0.3 is 10.2 Å². The minimum absolute atomic E-state index is 0.0987. The molecule has 90 valence electrons. The molecule has 1 aromatic carbocycles. The number of hydrogen-bond acceptors (Lipinski definition) is 4. The second kappa shape index (κ2) is 6.22. The molecule has 0 saturated carbocycles. The van der Waals surface area contributed by atoms with Gasteiger partial charge in [0, 0.05) is 4.91 Å². The van der Waals surface area contributed by atoms with Crippen LogP contribution in [0, 0.1) is 0 Å². The number of benzene rings is 1. The van der Waals surface area contributed by atoms with Gasteiger partial charge in [-0.15, -0.1) is 11.8 Å². The molecule has 0 heterocycles. The number of aliphatic hydroxyl groups is 1. The Morgan fingerprint density at radius 1 is 1.47 bits per heavy atom. The molecule has 4 nitrogen and oxygen atoms in total. The van der Waals surface area contributed by atoms with E-state index in [2.05, 4.69) is 11.7 Å². The van der Waals surface area contributed by atoms with Gasteiger partial charge in [0.1, 0.15) is 0 Å². The first-order valence-electron chi connectivity index (χ1n) is 4.83. The van der Waals surface area contributed by atoms with Crippen molar-refractivity contribution in [3.8, 4) is 0 Å². The van der Waals surface area contributed by atoms with Crippen molar-refractivity contribution in [2.24, 2.45) is 4.99 Å². The molecule has 1 aromatic rings. The number of carboxylic acids is 1. The molecule has 5 heteroatoms. The summed E-state index contributed by atoms with van der Waals surface area (Å²) >= 11 is 1.27. The third-order valence-electron chi connectivity index (χ3n) is 2.21. The summed E-state index contributed by atoms with van der Waals surface area (Å²) in [5, 5.41) is 18.3. The van der Waals surface area contributed by atoms with E-state index in [1.165, 1.54) is 11.8 Å². The molecule has 0 spiro atoms. The highest BCUT2D eigenvalue weighted by atomic mass is 32.2. The van der Waals surface area contributed by atoms with Crippen LogP contribution in [0.15, 0.2) is 35.0 Å². The Balaban J connectivity index is 3.45. The van der Waals surface area contributed by atoms with E-state index in [-0.39, 0.29) is 12.3 Å². The molecule has 0 aromatic heterocycles. The summed E-state index contributed by atoms with van der Waals surface area (Å²) < 4.78 is 0. The fraction of sp³-hybridized carbons (Fsp3) is 0.167. The minimum atomic E-state index is -1.13. The maximum Gasteiger partial charge on any atom is 0.355 e. The normalized spacial score (nSPS) is 11.9. The fourth-order valence-electron chi connectivity index (χ4n) is 1.45. The molecule has 0 atom stereocenters. The average Bonchev–Trinajstić information content (AvgIpc) is 2.35. The number of carboxylic acid groups (broad SMARTS) is 1. The number of aliphatic imine (C=N–C) groups is 1. The van der Waals surface area contributed by atoms with Crippen LogP contribution in [-0.2, 0) is 11.4 Å². The summed E-state index contributed by atoms with van der Waals surface area (Å²) in [5.74, 6) is -1.13. The van der Waals surface area contributed by atoms with Crippen molar-refractivity contribution in [3.63, 3.8) is 0 Å². The lowest BCUT2D eigenvalue weighted by molar-refractivity contribution is -0.132. The van der Waals surface area contributed by atoms with Crippen LogP contribution < -0.4 is 0 Å². The molecule has 0 aliphatic heterocycles. The molecule has 0 saturated heterocycles. The number of rotatable bonds is 5. The zero-order chi connectivity index (χ0) is 12.8. The van der Waals surface area contributed by atoms with Crippen LogP contribution >= 0.6 is 11.8 Å². The van der Waals surface area contributed by atoms with Crippen molar-refractivity contribution in [2.45, 2.75) is 6.61 Å². The standard InChI is InChI=1S/C12H13NO3S/c1-13-10(12(15)16)11(17-2)9-6-4-3-5-8(9)7-14/h3-6,14H,1,7H2,2H3,(H,15,16)/b11-10-. The maximum atomic E-state index is 11.0. The molecule has 2 N–H and O–H groups in total. The second-order valence-electron chi connectivity index (χ2n) is 3.16. The zero-order valence-electron chi connectivity index (χ0n) is 9.38. The van der Waals surface area contributed by atoms with Crippen LogP contribution in [-0.4, -0.2) is 29.2 Å². The van der Waals surface area contributed by atoms with Crippen molar-refractivity contribution in [2.75, 3.05) is 6.26 Å². The maximum absolute atomic E-state index is 11.0. The number of thioether (sulfide) groups is 1. The zero-order valence-corrected chi connectivity index (χ0v) is 10.2. The molecule has 0 bridgehead atoms. The average molecular weight is 251 g/mol. The Morgan fingerprint density at radius 2 is 2.12 bits per heavy atom. The molecule has 0 fully saturated rings. The summed E-state index contributed by atoms with van der Waals surface area (Å²) in [6.45, 7) is 3.12. The van der Waals surface area contributed by atoms with Crippen LogP contribution in [0.1, 0.15) is 11.1 Å². The Morgan fingerprint density at radius 3 is 2.59 bits per heavy atom. The Bertz CT molecular complexity index is 469. The van der Waals surface area contributed by atoms with Gasteiger partial charge in [0.2, 0.25) is 0 Å². The molecular formula is C12H13NO3S. The summed E-state index contributed by atoms with van der Waals surface area (Å²) in [6.07, 6.45) is 1.76. The minimum Gasteiger partial charge on any atom is -0.476 e. The van der Waals surface area contributed by atoms with Crippen LogP contribution in [0.2, 0.25) is 0 Å². The third-order valence-corrected chi connectivity index (χ3v) is 3.03. The van der Waals surface area contributed by atoms with Crippen molar-refractivity contribution in [1.29, 1.82) is 0 Å². The summed E-state index contributed by atoms with van der Waals surface area (Å²) in [5.41, 5.74) is 1.24. The molecular weight excluding hydrogens is 238 g/mol. The van der Waals surface area contributed by atoms with Crippen molar-refractivity contribution >= 4 is 29.4 Å². The highest BCUT2D eigenvalue weighted by Crippen LogP contribution is 2.31. The highest BCUT2D eigenvalue weighted by molar-refractivity contribution is 8.07. The van der Waals surface area contributed by atoms with Crippen LogP contribution in [0.5, 0.6) is 0 Å². The van der Waals surface area contributed by atoms with Gasteiger partial charge in [0.05, 0.1) is 6.61 Å². The monoisotopic (exact) mass is 251 g/mol. The molecule has 1 rings (SSSR count). The van der Waals surface area contributed by atoms with Gasteiger partial charge in [-0.2, -0.15) is 0 Å². The Hall–Kier alpha value is -1.59. The van der Waals surface area contributed by atoms with Gasteiger partial charge >= 0.3 is 5.97 Å². The summed E-state index contributed by atoms with van der Waals surface area (Å²) in [6, 6.07) is 7.07. The number of aliphatic hydroxyl groups excluding tert-OH is 1. The van der Waals surface area contributed by atoms with Crippen molar-refractivity contribution < 1.29 is 15.0 Å². The van der Waals surface area contributed by atoms with Crippen LogP contribution in [0.3, 0.4) is 0 Å². The number of aliphatic carboxylic acids is 1. The molecule has 0 radical (unpaired) electrons. The first-order valence-corrected chi connectivity index (χ1v) is 6.05. The lowest BCUT2D eigenvalue weighted by atomic mass is 10.1. The topological polar surface area (TPSA) is 69.9 Å². The molecule has 0 unspecified atom stereocenters. The third kappa shape index (κ3) is 2.95. The summed E-state index contributed by atoms with van der Waals surface area (Å²) in [4.78, 5) is 15.1. The lowest BCUT2D eigenvalue weighted by Gasteiger charge is -2.10. The Kier molecular flexibility index (Phi) is 4.93. The van der Waals surface area contributed by atoms with Gasteiger partial charge in [0.15, 0.2) is 5.70 Å². The number of carbonyl (C=O) groups is 1. The van der Waals surface area contributed by atoms with E-state index in [0.717, 1.165) is 0 Å². The predicted molar refractivity (Wildman–Crippen MR) is 70.0 cm³/mol. The van der Waals surface area contributed by atoms with E-state index < -0.39 is 5.97 Å². The van der Waals surface area contributed by atoms with Gasteiger partial charge in [0.25, 0.3) is 0 Å². The van der Waals surface area contributed by atoms with E-state index in [1.807, 2.05) is 0 Å².